The Morgan fingerprint density at radius 2 is 0.683 bits per heavy atom. The fraction of sp³-hybridized carbons (Fsp3) is 0.655. The van der Waals surface area contributed by atoms with Crippen LogP contribution in [0.2, 0.25) is 0 Å². The van der Waals surface area contributed by atoms with Crippen LogP contribution in [0, 0.1) is 0 Å². The molecule has 0 saturated heterocycles. The zero-order chi connectivity index (χ0) is 45.6. The number of esters is 2. The van der Waals surface area contributed by atoms with E-state index in [9.17, 15) is 14.7 Å². The molecule has 1 N–H and O–H groups in total. The molecule has 0 aliphatic rings. The average Bonchev–Trinajstić information content (AvgIpc) is 3.29. The second-order valence-electron chi connectivity index (χ2n) is 16.9. The molecule has 0 aromatic rings. The molecule has 0 radical (unpaired) electrons. The lowest BCUT2D eigenvalue weighted by atomic mass is 10.0. The van der Waals surface area contributed by atoms with E-state index in [1.807, 2.05) is 0 Å². The Bertz CT molecular complexity index is 1260. The minimum Gasteiger partial charge on any atom is -0.462 e. The van der Waals surface area contributed by atoms with E-state index in [0.717, 1.165) is 96.3 Å². The van der Waals surface area contributed by atoms with Gasteiger partial charge in [0.25, 0.3) is 0 Å². The third-order valence-electron chi connectivity index (χ3n) is 10.8. The molecular formula is C58H96O5. The molecule has 358 valence electrons. The summed E-state index contributed by atoms with van der Waals surface area (Å²) in [5, 5.41) is 9.60. The third kappa shape index (κ3) is 51.1. The summed E-state index contributed by atoms with van der Waals surface area (Å²) < 4.78 is 10.6. The molecule has 0 heterocycles. The largest absolute Gasteiger partial charge is 0.462 e. The lowest BCUT2D eigenvalue weighted by Gasteiger charge is -2.15. The summed E-state index contributed by atoms with van der Waals surface area (Å²) in [6.45, 7) is 3.98. The van der Waals surface area contributed by atoms with E-state index in [1.165, 1.54) is 103 Å². The summed E-state index contributed by atoms with van der Waals surface area (Å²) in [5.74, 6) is -0.607. The van der Waals surface area contributed by atoms with Gasteiger partial charge in [0.2, 0.25) is 0 Å². The summed E-state index contributed by atoms with van der Waals surface area (Å²) in [5.41, 5.74) is 0. The van der Waals surface area contributed by atoms with Gasteiger partial charge in [-0.05, 0) is 103 Å². The smallest absolute Gasteiger partial charge is 0.306 e. The number of allylic oxidation sites excluding steroid dienone is 18. The lowest BCUT2D eigenvalue weighted by molar-refractivity contribution is -0.161. The van der Waals surface area contributed by atoms with Crippen molar-refractivity contribution < 1.29 is 24.2 Å². The Balaban J connectivity index is 3.55. The van der Waals surface area contributed by atoms with E-state index < -0.39 is 6.10 Å². The van der Waals surface area contributed by atoms with Crippen LogP contribution < -0.4 is 0 Å². The first-order valence-electron chi connectivity index (χ1n) is 25.9. The predicted molar refractivity (Wildman–Crippen MR) is 274 cm³/mol. The molecular weight excluding hydrogens is 777 g/mol. The first-order chi connectivity index (χ1) is 31.1. The van der Waals surface area contributed by atoms with Crippen molar-refractivity contribution >= 4 is 11.9 Å². The Hall–Kier alpha value is -3.44. The SMILES string of the molecule is CC/C=C\C/C=C\C/C=C\C/C=C\C/C=C\C/C=C\C/C=C\C/C=C\CCCCCCCCCCCCCCC(=O)OC(CO)COC(=O)CCCCCCC/C=C\CCCCC. The number of hydrogen-bond donors (Lipinski definition) is 1. The topological polar surface area (TPSA) is 72.8 Å². The quantitative estimate of drug-likeness (QED) is 0.0375. The molecule has 0 rings (SSSR count). The van der Waals surface area contributed by atoms with E-state index in [-0.39, 0.29) is 25.2 Å². The third-order valence-corrected chi connectivity index (χ3v) is 10.8. The van der Waals surface area contributed by atoms with Gasteiger partial charge in [-0.15, -0.1) is 0 Å². The molecule has 5 nitrogen and oxygen atoms in total. The number of rotatable bonds is 46. The average molecular weight is 873 g/mol. The molecule has 0 aromatic heterocycles. The van der Waals surface area contributed by atoms with Crippen LogP contribution >= 0.6 is 0 Å². The van der Waals surface area contributed by atoms with Crippen LogP contribution in [0.15, 0.2) is 109 Å². The number of aliphatic hydroxyl groups excluding tert-OH is 1. The van der Waals surface area contributed by atoms with Gasteiger partial charge in [0, 0.05) is 12.8 Å². The van der Waals surface area contributed by atoms with Crippen LogP contribution in [0.1, 0.15) is 226 Å². The Kier molecular flexibility index (Phi) is 50.0. The molecule has 0 saturated carbocycles. The van der Waals surface area contributed by atoms with Gasteiger partial charge in [0.05, 0.1) is 6.61 Å². The first-order valence-corrected chi connectivity index (χ1v) is 25.9. The summed E-state index contributed by atoms with van der Waals surface area (Å²) in [7, 11) is 0. The maximum Gasteiger partial charge on any atom is 0.306 e. The van der Waals surface area contributed by atoms with Gasteiger partial charge in [0.1, 0.15) is 6.61 Å². The van der Waals surface area contributed by atoms with Crippen molar-refractivity contribution in [3.05, 3.63) is 109 Å². The van der Waals surface area contributed by atoms with Gasteiger partial charge < -0.3 is 14.6 Å². The molecule has 1 atom stereocenters. The Morgan fingerprint density at radius 3 is 1.05 bits per heavy atom. The molecule has 0 aliphatic carbocycles. The highest BCUT2D eigenvalue weighted by atomic mass is 16.6. The molecule has 0 aliphatic heterocycles. The van der Waals surface area contributed by atoms with Gasteiger partial charge >= 0.3 is 11.9 Å². The first kappa shape index (κ1) is 59.6. The van der Waals surface area contributed by atoms with Gasteiger partial charge in [0.15, 0.2) is 6.10 Å². The molecule has 0 amide bonds. The highest BCUT2D eigenvalue weighted by Crippen LogP contribution is 2.14. The normalized spacial score (nSPS) is 13.1. The molecule has 1 unspecified atom stereocenters. The monoisotopic (exact) mass is 873 g/mol. The number of hydrogen-bond acceptors (Lipinski definition) is 5. The summed E-state index contributed by atoms with van der Waals surface area (Å²) in [6, 6.07) is 0. The van der Waals surface area contributed by atoms with E-state index in [0.29, 0.717) is 12.8 Å². The molecule has 0 bridgehead atoms. The second-order valence-corrected chi connectivity index (χ2v) is 16.9. The van der Waals surface area contributed by atoms with Crippen molar-refractivity contribution in [1.29, 1.82) is 0 Å². The van der Waals surface area contributed by atoms with E-state index in [1.54, 1.807) is 0 Å². The highest BCUT2D eigenvalue weighted by Gasteiger charge is 2.16. The fourth-order valence-corrected chi connectivity index (χ4v) is 6.92. The molecule has 0 spiro atoms. The van der Waals surface area contributed by atoms with Crippen molar-refractivity contribution in [3.63, 3.8) is 0 Å². The van der Waals surface area contributed by atoms with Gasteiger partial charge in [-0.1, -0.05) is 220 Å². The van der Waals surface area contributed by atoms with Crippen molar-refractivity contribution in [2.75, 3.05) is 13.2 Å². The van der Waals surface area contributed by atoms with Crippen LogP contribution in [0.3, 0.4) is 0 Å². The van der Waals surface area contributed by atoms with Gasteiger partial charge in [-0.25, -0.2) is 0 Å². The highest BCUT2D eigenvalue weighted by molar-refractivity contribution is 5.70. The standard InChI is InChI=1S/C58H96O5/c1-3-5-7-9-11-13-15-17-18-19-20-21-22-23-24-25-26-27-28-29-30-31-32-33-34-35-36-37-38-39-40-41-43-45-47-49-51-53-58(61)63-56(54-59)55-62-57(60)52-50-48-46-44-42-16-14-12-10-8-6-4-2/h5,7,11-14,17-18,20-21,23-24,26-27,29-30,32-33,56,59H,3-4,6,8-10,15-16,19,22,25,28,31,34-55H2,1-2H3/b7-5-,13-11-,14-12-,18-17-,21-20-,24-23-,27-26-,30-29-,33-32-. The summed E-state index contributed by atoms with van der Waals surface area (Å²) in [6.07, 6.45) is 76.2. The maximum atomic E-state index is 12.2. The zero-order valence-corrected chi connectivity index (χ0v) is 40.8. The van der Waals surface area contributed by atoms with Crippen molar-refractivity contribution in [2.45, 2.75) is 232 Å². The molecule has 0 aromatic carbocycles. The van der Waals surface area contributed by atoms with Gasteiger partial charge in [-0.3, -0.25) is 9.59 Å². The van der Waals surface area contributed by atoms with Crippen molar-refractivity contribution in [3.8, 4) is 0 Å². The van der Waals surface area contributed by atoms with Crippen LogP contribution in [0.4, 0.5) is 0 Å². The van der Waals surface area contributed by atoms with Crippen molar-refractivity contribution in [2.24, 2.45) is 0 Å². The van der Waals surface area contributed by atoms with E-state index in [2.05, 4.69) is 123 Å². The molecule has 5 heteroatoms. The van der Waals surface area contributed by atoms with Crippen LogP contribution in [0.25, 0.3) is 0 Å². The van der Waals surface area contributed by atoms with Crippen LogP contribution in [-0.4, -0.2) is 36.4 Å². The number of aliphatic hydroxyl groups is 1. The van der Waals surface area contributed by atoms with E-state index in [4.69, 9.17) is 9.47 Å². The fourth-order valence-electron chi connectivity index (χ4n) is 6.92. The summed E-state index contributed by atoms with van der Waals surface area (Å²) >= 11 is 0. The predicted octanol–water partition coefficient (Wildman–Crippen LogP) is 17.4. The Labute approximate surface area is 389 Å². The number of ether oxygens (including phenoxy) is 2. The number of carbonyl (C=O) groups excluding carboxylic acids is 2. The zero-order valence-electron chi connectivity index (χ0n) is 40.8. The summed E-state index contributed by atoms with van der Waals surface area (Å²) in [4.78, 5) is 24.4. The van der Waals surface area contributed by atoms with Gasteiger partial charge in [-0.2, -0.15) is 0 Å². The second kappa shape index (κ2) is 52.9. The van der Waals surface area contributed by atoms with Crippen LogP contribution in [0.5, 0.6) is 0 Å². The lowest BCUT2D eigenvalue weighted by Crippen LogP contribution is -2.28. The Morgan fingerprint density at radius 1 is 0.381 bits per heavy atom. The van der Waals surface area contributed by atoms with E-state index >= 15 is 0 Å². The minimum atomic E-state index is -0.781. The van der Waals surface area contributed by atoms with Crippen molar-refractivity contribution in [1.82, 2.24) is 0 Å². The number of carbonyl (C=O) groups is 2. The maximum absolute atomic E-state index is 12.2. The molecule has 63 heavy (non-hydrogen) atoms. The molecule has 0 fully saturated rings. The minimum absolute atomic E-state index is 0.0747. The van der Waals surface area contributed by atoms with Crippen LogP contribution in [-0.2, 0) is 19.1 Å². The number of unbranched alkanes of at least 4 members (excludes halogenated alkanes) is 20.